The van der Waals surface area contributed by atoms with E-state index in [9.17, 15) is 9.59 Å². The molecule has 0 atom stereocenters. The van der Waals surface area contributed by atoms with Gasteiger partial charge in [-0.3, -0.25) is 19.0 Å². The first kappa shape index (κ1) is 23.5. The van der Waals surface area contributed by atoms with Crippen LogP contribution < -0.4 is 5.32 Å². The molecule has 0 saturated heterocycles. The molecule has 1 N–H and O–H groups in total. The molecule has 0 unspecified atom stereocenters. The number of ether oxygens (including phenoxy) is 1. The number of nitrogens with one attached hydrogen (secondary N) is 1. The Kier molecular flexibility index (Phi) is 6.70. The van der Waals surface area contributed by atoms with Gasteiger partial charge in [0, 0.05) is 24.2 Å². The summed E-state index contributed by atoms with van der Waals surface area (Å²) in [6.07, 6.45) is 3.83. The molecule has 0 aliphatic carbocycles. The van der Waals surface area contributed by atoms with Crippen LogP contribution in [-0.2, 0) is 23.1 Å². The molecule has 0 bridgehead atoms. The van der Waals surface area contributed by atoms with Crippen molar-refractivity contribution in [2.75, 3.05) is 12.5 Å². The number of rotatable bonds is 8. The van der Waals surface area contributed by atoms with E-state index in [2.05, 4.69) is 27.6 Å². The van der Waals surface area contributed by atoms with Gasteiger partial charge in [-0.05, 0) is 37.1 Å². The van der Waals surface area contributed by atoms with Gasteiger partial charge < -0.3 is 10.1 Å². The summed E-state index contributed by atoms with van der Waals surface area (Å²) >= 11 is 5.47. The number of amides is 1. The highest BCUT2D eigenvalue weighted by Gasteiger charge is 2.26. The van der Waals surface area contributed by atoms with Crippen LogP contribution in [0.1, 0.15) is 29.9 Å². The monoisotopic (exact) mass is 479 g/mol. The second-order valence-electron chi connectivity index (χ2n) is 8.75. The van der Waals surface area contributed by atoms with E-state index in [0.29, 0.717) is 12.2 Å². The van der Waals surface area contributed by atoms with Gasteiger partial charge >= 0.3 is 5.97 Å². The second-order valence-corrected chi connectivity index (χ2v) is 9.02. The standard InChI is InChI=1S/C25H26ClN5O3/c1-25(2,16-34-22(32)12-26)28-24(33)23-20-10-9-18(11-21(20)30(3)29-23)19-13-27-31(15-19)14-17-7-5-4-6-8-17/h4-11,13,15H,12,14,16H2,1-3H3,(H,28,33). The maximum absolute atomic E-state index is 13.0. The molecule has 0 radical (unpaired) electrons. The van der Waals surface area contributed by atoms with E-state index in [1.54, 1.807) is 25.6 Å². The number of carbonyl (C=O) groups is 2. The topological polar surface area (TPSA) is 91.0 Å². The first-order chi connectivity index (χ1) is 16.3. The molecule has 176 valence electrons. The van der Waals surface area contributed by atoms with Crippen molar-refractivity contribution in [2.24, 2.45) is 7.05 Å². The average Bonchev–Trinajstić information content (AvgIpc) is 3.42. The Morgan fingerprint density at radius 3 is 2.62 bits per heavy atom. The van der Waals surface area contributed by atoms with E-state index in [4.69, 9.17) is 16.3 Å². The predicted octanol–water partition coefficient (Wildman–Crippen LogP) is 3.78. The molecule has 1 amide bonds. The fourth-order valence-electron chi connectivity index (χ4n) is 3.68. The number of nitrogens with zero attached hydrogens (tertiary/aromatic N) is 4. The molecule has 4 aromatic rings. The van der Waals surface area contributed by atoms with Gasteiger partial charge in [-0.2, -0.15) is 10.2 Å². The lowest BCUT2D eigenvalue weighted by molar-refractivity contribution is -0.142. The van der Waals surface area contributed by atoms with E-state index in [-0.39, 0.29) is 18.4 Å². The van der Waals surface area contributed by atoms with Crippen LogP contribution in [0, 0.1) is 0 Å². The summed E-state index contributed by atoms with van der Waals surface area (Å²) in [7, 11) is 1.80. The highest BCUT2D eigenvalue weighted by atomic mass is 35.5. The molecule has 0 aliphatic heterocycles. The Hall–Kier alpha value is -3.65. The van der Waals surface area contributed by atoms with Gasteiger partial charge in [0.05, 0.1) is 23.8 Å². The van der Waals surface area contributed by atoms with Gasteiger partial charge in [0.2, 0.25) is 0 Å². The van der Waals surface area contributed by atoms with Crippen LogP contribution in [0.25, 0.3) is 22.0 Å². The third-order valence-corrected chi connectivity index (χ3v) is 5.59. The van der Waals surface area contributed by atoms with E-state index >= 15 is 0 Å². The maximum Gasteiger partial charge on any atom is 0.320 e. The van der Waals surface area contributed by atoms with Gasteiger partial charge in [-0.15, -0.1) is 11.6 Å². The smallest absolute Gasteiger partial charge is 0.320 e. The van der Waals surface area contributed by atoms with Crippen molar-refractivity contribution in [3.05, 3.63) is 72.2 Å². The Morgan fingerprint density at radius 1 is 1.12 bits per heavy atom. The predicted molar refractivity (Wildman–Crippen MR) is 131 cm³/mol. The number of alkyl halides is 1. The zero-order valence-corrected chi connectivity index (χ0v) is 20.0. The van der Waals surface area contributed by atoms with Gasteiger partial charge in [0.1, 0.15) is 12.5 Å². The molecule has 9 heteroatoms. The summed E-state index contributed by atoms with van der Waals surface area (Å²) in [6, 6.07) is 16.0. The van der Waals surface area contributed by atoms with Crippen molar-refractivity contribution in [1.82, 2.24) is 24.9 Å². The Balaban J connectivity index is 1.53. The molecular formula is C25H26ClN5O3. The molecule has 34 heavy (non-hydrogen) atoms. The number of fused-ring (bicyclic) bond motifs is 1. The molecule has 4 rings (SSSR count). The number of hydrogen-bond acceptors (Lipinski definition) is 5. The number of aromatic nitrogens is 4. The number of benzene rings is 2. The summed E-state index contributed by atoms with van der Waals surface area (Å²) in [6.45, 7) is 4.23. The van der Waals surface area contributed by atoms with Crippen molar-refractivity contribution < 1.29 is 14.3 Å². The summed E-state index contributed by atoms with van der Waals surface area (Å²) in [5, 5.41) is 12.5. The Bertz CT molecular complexity index is 1330. The molecule has 0 saturated carbocycles. The third kappa shape index (κ3) is 5.28. The Labute approximate surface area is 202 Å². The molecule has 0 fully saturated rings. The minimum atomic E-state index is -0.782. The van der Waals surface area contributed by atoms with Crippen LogP contribution in [0.5, 0.6) is 0 Å². The fourth-order valence-corrected chi connectivity index (χ4v) is 3.75. The molecule has 2 aromatic carbocycles. The van der Waals surface area contributed by atoms with Crippen molar-refractivity contribution in [1.29, 1.82) is 0 Å². The average molecular weight is 480 g/mol. The lowest BCUT2D eigenvalue weighted by Crippen LogP contribution is -2.47. The lowest BCUT2D eigenvalue weighted by Gasteiger charge is -2.25. The Morgan fingerprint density at radius 2 is 1.88 bits per heavy atom. The molecule has 2 heterocycles. The number of halogens is 1. The van der Waals surface area contributed by atoms with Gasteiger partial charge in [0.15, 0.2) is 5.69 Å². The molecule has 8 nitrogen and oxygen atoms in total. The minimum Gasteiger partial charge on any atom is -0.462 e. The summed E-state index contributed by atoms with van der Waals surface area (Å²) in [5.41, 5.74) is 3.48. The van der Waals surface area contributed by atoms with Crippen LogP contribution >= 0.6 is 11.6 Å². The molecular weight excluding hydrogens is 454 g/mol. The fraction of sp³-hybridized carbons (Fsp3) is 0.280. The van der Waals surface area contributed by atoms with Gasteiger partial charge in [-0.25, -0.2) is 0 Å². The first-order valence-electron chi connectivity index (χ1n) is 10.8. The molecule has 0 aliphatic rings. The largest absolute Gasteiger partial charge is 0.462 e. The van der Waals surface area contributed by atoms with Crippen molar-refractivity contribution in [2.45, 2.75) is 25.9 Å². The highest BCUT2D eigenvalue weighted by Crippen LogP contribution is 2.26. The lowest BCUT2D eigenvalue weighted by atomic mass is 10.0. The van der Waals surface area contributed by atoms with Crippen LogP contribution in [0.3, 0.4) is 0 Å². The molecule has 2 aromatic heterocycles. The quantitative estimate of drug-likeness (QED) is 0.307. The van der Waals surface area contributed by atoms with E-state index in [1.807, 2.05) is 53.5 Å². The van der Waals surface area contributed by atoms with Gasteiger partial charge in [-0.1, -0.05) is 36.4 Å². The SMILES string of the molecule is Cn1nc(C(=O)NC(C)(C)COC(=O)CCl)c2ccc(-c3cnn(Cc4ccccc4)c3)cc21. The van der Waals surface area contributed by atoms with Crippen LogP contribution in [0.2, 0.25) is 0 Å². The minimum absolute atomic E-state index is 0.00613. The van der Waals surface area contributed by atoms with Gasteiger partial charge in [0.25, 0.3) is 5.91 Å². The van der Waals surface area contributed by atoms with Crippen molar-refractivity contribution in [3.63, 3.8) is 0 Å². The van der Waals surface area contributed by atoms with E-state index in [0.717, 1.165) is 22.0 Å². The van der Waals surface area contributed by atoms with Crippen molar-refractivity contribution >= 4 is 34.4 Å². The number of aryl methyl sites for hydroxylation is 1. The zero-order chi connectivity index (χ0) is 24.3. The van der Waals surface area contributed by atoms with Crippen LogP contribution in [-0.4, -0.2) is 49.5 Å². The van der Waals surface area contributed by atoms with Crippen molar-refractivity contribution in [3.8, 4) is 11.1 Å². The highest BCUT2D eigenvalue weighted by molar-refractivity contribution is 6.26. The third-order valence-electron chi connectivity index (χ3n) is 5.38. The van der Waals surface area contributed by atoms with E-state index < -0.39 is 11.5 Å². The summed E-state index contributed by atoms with van der Waals surface area (Å²) in [4.78, 5) is 24.3. The second kappa shape index (κ2) is 9.69. The number of carbonyl (C=O) groups excluding carboxylic acids is 2. The number of esters is 1. The first-order valence-corrected chi connectivity index (χ1v) is 11.4. The maximum atomic E-state index is 13.0. The normalized spacial score (nSPS) is 11.5. The number of hydrogen-bond donors (Lipinski definition) is 1. The summed E-state index contributed by atoms with van der Waals surface area (Å²) in [5.74, 6) is -1.12. The zero-order valence-electron chi connectivity index (χ0n) is 19.3. The summed E-state index contributed by atoms with van der Waals surface area (Å²) < 4.78 is 8.65. The molecule has 0 spiro atoms. The van der Waals surface area contributed by atoms with Crippen LogP contribution in [0.4, 0.5) is 0 Å². The van der Waals surface area contributed by atoms with Crippen LogP contribution in [0.15, 0.2) is 60.9 Å². The van der Waals surface area contributed by atoms with E-state index in [1.165, 1.54) is 5.56 Å².